The van der Waals surface area contributed by atoms with E-state index in [9.17, 15) is 0 Å². The van der Waals surface area contributed by atoms with Gasteiger partial charge in [0.25, 0.3) is 0 Å². The Morgan fingerprint density at radius 2 is 2.25 bits per heavy atom. The zero-order valence-corrected chi connectivity index (χ0v) is 13.3. The molecule has 1 fully saturated rings. The molecule has 0 saturated carbocycles. The summed E-state index contributed by atoms with van der Waals surface area (Å²) in [6.07, 6.45) is 2.61. The molecule has 1 aliphatic rings. The van der Waals surface area contributed by atoms with Gasteiger partial charge in [-0.25, -0.2) is 0 Å². The van der Waals surface area contributed by atoms with Crippen LogP contribution in [0.1, 0.15) is 43.9 Å². The maximum Gasteiger partial charge on any atom is 0.123 e. The van der Waals surface area contributed by atoms with Crippen LogP contribution in [-0.4, -0.2) is 37.7 Å². The van der Waals surface area contributed by atoms with Gasteiger partial charge in [-0.05, 0) is 45.8 Å². The number of hydrogen-bond acceptors (Lipinski definition) is 3. The summed E-state index contributed by atoms with van der Waals surface area (Å²) in [6.45, 7) is 10.0. The minimum atomic E-state index is 0.386. The van der Waals surface area contributed by atoms with Crippen molar-refractivity contribution in [3.8, 4) is 5.75 Å². The second-order valence-corrected chi connectivity index (χ2v) is 5.80. The normalized spacial score (nSPS) is 20.4. The highest BCUT2D eigenvalue weighted by Crippen LogP contribution is 2.30. The van der Waals surface area contributed by atoms with Crippen molar-refractivity contribution in [3.05, 3.63) is 29.3 Å². The van der Waals surface area contributed by atoms with Gasteiger partial charge in [0.1, 0.15) is 5.75 Å². The minimum absolute atomic E-state index is 0.386. The summed E-state index contributed by atoms with van der Waals surface area (Å²) >= 11 is 0. The molecule has 0 spiro atoms. The highest BCUT2D eigenvalue weighted by molar-refractivity contribution is 5.39. The highest BCUT2D eigenvalue weighted by atomic mass is 16.5. The fourth-order valence-corrected chi connectivity index (χ4v) is 3.13. The molecular weight excluding hydrogens is 248 g/mol. The molecule has 1 saturated heterocycles. The number of aryl methyl sites for hydroxylation is 1. The van der Waals surface area contributed by atoms with E-state index in [-0.39, 0.29) is 0 Å². The summed E-state index contributed by atoms with van der Waals surface area (Å²) < 4.78 is 5.54. The molecule has 3 heteroatoms. The van der Waals surface area contributed by atoms with Crippen molar-refractivity contribution in [2.45, 2.75) is 45.7 Å². The van der Waals surface area contributed by atoms with Crippen LogP contribution in [0.4, 0.5) is 0 Å². The molecule has 1 aliphatic heterocycles. The fourth-order valence-electron chi connectivity index (χ4n) is 3.13. The summed E-state index contributed by atoms with van der Waals surface area (Å²) in [5.74, 6) is 1.00. The lowest BCUT2D eigenvalue weighted by Gasteiger charge is -2.31. The molecule has 112 valence electrons. The van der Waals surface area contributed by atoms with E-state index in [0.29, 0.717) is 12.1 Å². The Balaban J connectivity index is 2.14. The maximum atomic E-state index is 5.54. The third kappa shape index (κ3) is 3.53. The first kappa shape index (κ1) is 15.3. The van der Waals surface area contributed by atoms with Gasteiger partial charge < -0.3 is 10.1 Å². The molecule has 1 N–H and O–H groups in total. The number of methoxy groups -OCH3 is 1. The Bertz CT molecular complexity index is 427. The van der Waals surface area contributed by atoms with Crippen LogP contribution >= 0.6 is 0 Å². The van der Waals surface area contributed by atoms with Gasteiger partial charge >= 0.3 is 0 Å². The second kappa shape index (κ2) is 7.09. The number of likely N-dealkylation sites (N-methyl/N-ethyl adjacent to an activating group) is 1. The van der Waals surface area contributed by atoms with Gasteiger partial charge in [-0.15, -0.1) is 0 Å². The van der Waals surface area contributed by atoms with E-state index in [1.807, 2.05) is 0 Å². The van der Waals surface area contributed by atoms with E-state index in [2.05, 4.69) is 49.2 Å². The Morgan fingerprint density at radius 1 is 1.45 bits per heavy atom. The fraction of sp³-hybridized carbons (Fsp3) is 0.647. The average molecular weight is 276 g/mol. The van der Waals surface area contributed by atoms with Gasteiger partial charge in [-0.1, -0.05) is 24.6 Å². The predicted molar refractivity (Wildman–Crippen MR) is 84.4 cm³/mol. The molecule has 1 aromatic carbocycles. The zero-order valence-electron chi connectivity index (χ0n) is 13.3. The van der Waals surface area contributed by atoms with Crippen LogP contribution in [0, 0.1) is 6.92 Å². The van der Waals surface area contributed by atoms with E-state index in [1.165, 1.54) is 30.5 Å². The van der Waals surface area contributed by atoms with Crippen LogP contribution in [0.25, 0.3) is 0 Å². The first-order valence-electron chi connectivity index (χ1n) is 7.77. The smallest absolute Gasteiger partial charge is 0.123 e. The Labute approximate surface area is 123 Å². The van der Waals surface area contributed by atoms with Gasteiger partial charge in [0.15, 0.2) is 0 Å². The minimum Gasteiger partial charge on any atom is -0.496 e. The predicted octanol–water partition coefficient (Wildman–Crippen LogP) is 3.14. The quantitative estimate of drug-likeness (QED) is 0.864. The van der Waals surface area contributed by atoms with E-state index in [0.717, 1.165) is 18.8 Å². The number of hydrogen-bond donors (Lipinski definition) is 1. The average Bonchev–Trinajstić information content (AvgIpc) is 2.97. The van der Waals surface area contributed by atoms with Crippen molar-refractivity contribution in [1.82, 2.24) is 10.2 Å². The van der Waals surface area contributed by atoms with Crippen molar-refractivity contribution in [2.24, 2.45) is 0 Å². The first-order chi connectivity index (χ1) is 9.65. The summed E-state index contributed by atoms with van der Waals surface area (Å²) in [5.41, 5.74) is 2.59. The first-order valence-corrected chi connectivity index (χ1v) is 7.77. The van der Waals surface area contributed by atoms with Crippen LogP contribution in [0.5, 0.6) is 5.75 Å². The molecule has 20 heavy (non-hydrogen) atoms. The van der Waals surface area contributed by atoms with Crippen molar-refractivity contribution >= 4 is 0 Å². The van der Waals surface area contributed by atoms with E-state index in [4.69, 9.17) is 4.74 Å². The summed E-state index contributed by atoms with van der Waals surface area (Å²) in [7, 11) is 1.76. The van der Waals surface area contributed by atoms with Crippen LogP contribution in [0.15, 0.2) is 18.2 Å². The number of nitrogens with zero attached hydrogens (tertiary/aromatic N) is 1. The second-order valence-electron chi connectivity index (χ2n) is 5.80. The van der Waals surface area contributed by atoms with E-state index >= 15 is 0 Å². The van der Waals surface area contributed by atoms with Crippen LogP contribution in [0.3, 0.4) is 0 Å². The number of ether oxygens (including phenoxy) is 1. The largest absolute Gasteiger partial charge is 0.496 e. The van der Waals surface area contributed by atoms with Gasteiger partial charge in [0.2, 0.25) is 0 Å². The SMILES string of the molecule is CCN(CC1CCCN1)C(C)c1cc(C)ccc1OC. The third-order valence-electron chi connectivity index (χ3n) is 4.41. The van der Waals surface area contributed by atoms with Crippen molar-refractivity contribution in [1.29, 1.82) is 0 Å². The van der Waals surface area contributed by atoms with Gasteiger partial charge in [0.05, 0.1) is 7.11 Å². The van der Waals surface area contributed by atoms with Crippen molar-refractivity contribution in [3.63, 3.8) is 0 Å². The lowest BCUT2D eigenvalue weighted by molar-refractivity contribution is 0.199. The molecule has 0 radical (unpaired) electrons. The summed E-state index contributed by atoms with van der Waals surface area (Å²) in [5, 5.41) is 3.59. The number of benzene rings is 1. The Hall–Kier alpha value is -1.06. The Kier molecular flexibility index (Phi) is 5.44. The highest BCUT2D eigenvalue weighted by Gasteiger charge is 2.23. The van der Waals surface area contributed by atoms with E-state index in [1.54, 1.807) is 7.11 Å². The number of rotatable bonds is 6. The molecule has 2 atom stereocenters. The lowest BCUT2D eigenvalue weighted by Crippen LogP contribution is -2.38. The molecule has 2 rings (SSSR count). The van der Waals surface area contributed by atoms with E-state index < -0.39 is 0 Å². The monoisotopic (exact) mass is 276 g/mol. The molecule has 0 aliphatic carbocycles. The molecule has 3 nitrogen and oxygen atoms in total. The molecule has 0 amide bonds. The van der Waals surface area contributed by atoms with Crippen molar-refractivity contribution < 1.29 is 4.74 Å². The standard InChI is InChI=1S/C17H28N2O/c1-5-19(12-15-7-6-10-18-15)14(3)16-11-13(2)8-9-17(16)20-4/h8-9,11,14-15,18H,5-7,10,12H2,1-4H3. The summed E-state index contributed by atoms with van der Waals surface area (Å²) in [4.78, 5) is 2.54. The lowest BCUT2D eigenvalue weighted by atomic mass is 10.0. The topological polar surface area (TPSA) is 24.5 Å². The molecule has 1 aromatic rings. The van der Waals surface area contributed by atoms with Crippen LogP contribution in [-0.2, 0) is 0 Å². The molecule has 1 heterocycles. The maximum absolute atomic E-state index is 5.54. The summed E-state index contributed by atoms with van der Waals surface area (Å²) in [6, 6.07) is 7.49. The van der Waals surface area contributed by atoms with Gasteiger partial charge in [-0.3, -0.25) is 4.90 Å². The molecule has 2 unspecified atom stereocenters. The third-order valence-corrected chi connectivity index (χ3v) is 4.41. The van der Waals surface area contributed by atoms with Crippen molar-refractivity contribution in [2.75, 3.05) is 26.7 Å². The molecule has 0 bridgehead atoms. The van der Waals surface area contributed by atoms with Crippen LogP contribution in [0.2, 0.25) is 0 Å². The van der Waals surface area contributed by atoms with Gasteiger partial charge in [-0.2, -0.15) is 0 Å². The molecule has 0 aromatic heterocycles. The Morgan fingerprint density at radius 3 is 2.85 bits per heavy atom. The zero-order chi connectivity index (χ0) is 14.5. The van der Waals surface area contributed by atoms with Gasteiger partial charge in [0, 0.05) is 24.2 Å². The molecular formula is C17H28N2O. The van der Waals surface area contributed by atoms with Crippen LogP contribution < -0.4 is 10.1 Å². The number of nitrogens with one attached hydrogen (secondary N) is 1.